The molecule has 0 unspecified atom stereocenters. The first-order chi connectivity index (χ1) is 15.8. The zero-order chi connectivity index (χ0) is 23.6. The predicted octanol–water partition coefficient (Wildman–Crippen LogP) is 3.25. The second-order valence-electron chi connectivity index (χ2n) is 8.43. The highest BCUT2D eigenvalue weighted by atomic mass is 32.2. The average molecular weight is 473 g/mol. The van der Waals surface area contributed by atoms with Crippen molar-refractivity contribution in [2.75, 3.05) is 19.7 Å². The van der Waals surface area contributed by atoms with E-state index in [4.69, 9.17) is 9.15 Å². The number of fused-ring (bicyclic) bond motifs is 1. The lowest BCUT2D eigenvalue weighted by atomic mass is 9.98. The van der Waals surface area contributed by atoms with Crippen LogP contribution in [0.25, 0.3) is 11.1 Å². The van der Waals surface area contributed by atoms with Gasteiger partial charge < -0.3 is 9.15 Å². The van der Waals surface area contributed by atoms with Gasteiger partial charge >= 0.3 is 11.7 Å². The van der Waals surface area contributed by atoms with Crippen LogP contribution in [0.5, 0.6) is 0 Å². The fraction of sp³-hybridized carbons (Fsp3) is 0.417. The number of oxazole rings is 1. The second kappa shape index (κ2) is 9.52. The van der Waals surface area contributed by atoms with E-state index in [1.165, 1.54) is 8.87 Å². The van der Waals surface area contributed by atoms with Crippen LogP contribution in [0.1, 0.15) is 30.4 Å². The molecular weight excluding hydrogens is 444 g/mol. The van der Waals surface area contributed by atoms with Crippen LogP contribution < -0.4 is 5.76 Å². The highest BCUT2D eigenvalue weighted by Gasteiger charge is 2.32. The van der Waals surface area contributed by atoms with Crippen molar-refractivity contribution in [3.8, 4) is 0 Å². The van der Waals surface area contributed by atoms with Gasteiger partial charge in [-0.1, -0.05) is 18.2 Å². The van der Waals surface area contributed by atoms with Crippen LogP contribution in [0.3, 0.4) is 0 Å². The number of hydrogen-bond donors (Lipinski definition) is 0. The molecule has 4 rings (SSSR count). The fourth-order valence-electron chi connectivity index (χ4n) is 4.09. The zero-order valence-corrected chi connectivity index (χ0v) is 19.6. The van der Waals surface area contributed by atoms with Crippen molar-refractivity contribution in [1.29, 1.82) is 0 Å². The Morgan fingerprint density at radius 2 is 1.82 bits per heavy atom. The number of carbonyl (C=O) groups excluding carboxylic acids is 1. The standard InChI is InChI=1S/C24H28N2O6S/c1-17-8-9-20(16-18(17)2)33(29,30)25-13-10-19(11-14-25)23(27)31-15-5-12-26-21-6-3-4-7-22(21)32-24(26)28/h3-4,6-9,16,19H,5,10-15H2,1-2H3. The summed E-state index contributed by atoms with van der Waals surface area (Å²) in [4.78, 5) is 24.8. The van der Waals surface area contributed by atoms with Crippen molar-refractivity contribution < 1.29 is 22.4 Å². The van der Waals surface area contributed by atoms with E-state index in [2.05, 4.69) is 0 Å². The van der Waals surface area contributed by atoms with E-state index in [0.717, 1.165) is 11.1 Å². The molecule has 0 aliphatic carbocycles. The van der Waals surface area contributed by atoms with Gasteiger partial charge in [0, 0.05) is 19.6 Å². The van der Waals surface area contributed by atoms with E-state index in [0.29, 0.717) is 36.9 Å². The molecule has 1 fully saturated rings. The third-order valence-electron chi connectivity index (χ3n) is 6.25. The molecule has 3 aromatic rings. The summed E-state index contributed by atoms with van der Waals surface area (Å²) in [6.07, 6.45) is 1.33. The molecule has 176 valence electrons. The number of hydrogen-bond acceptors (Lipinski definition) is 6. The Labute approximate surface area is 192 Å². The number of para-hydroxylation sites is 2. The summed E-state index contributed by atoms with van der Waals surface area (Å²) in [7, 11) is -3.58. The number of sulfonamides is 1. The van der Waals surface area contributed by atoms with Crippen LogP contribution in [0.2, 0.25) is 0 Å². The number of aryl methyl sites for hydroxylation is 3. The molecule has 0 amide bonds. The first kappa shape index (κ1) is 23.3. The first-order valence-corrected chi connectivity index (χ1v) is 12.5. The van der Waals surface area contributed by atoms with Crippen molar-refractivity contribution in [2.24, 2.45) is 5.92 Å². The highest BCUT2D eigenvalue weighted by molar-refractivity contribution is 7.89. The zero-order valence-electron chi connectivity index (χ0n) is 18.8. The number of ether oxygens (including phenoxy) is 1. The van der Waals surface area contributed by atoms with Gasteiger partial charge in [-0.25, -0.2) is 13.2 Å². The Hall–Kier alpha value is -2.91. The molecule has 0 radical (unpaired) electrons. The van der Waals surface area contributed by atoms with Gasteiger partial charge in [-0.3, -0.25) is 9.36 Å². The lowest BCUT2D eigenvalue weighted by Crippen LogP contribution is -2.40. The topological polar surface area (TPSA) is 98.8 Å². The Balaban J connectivity index is 1.26. The average Bonchev–Trinajstić information content (AvgIpc) is 3.13. The number of esters is 1. The Morgan fingerprint density at radius 1 is 1.09 bits per heavy atom. The number of rotatable bonds is 7. The van der Waals surface area contributed by atoms with Crippen LogP contribution >= 0.6 is 0 Å². The van der Waals surface area contributed by atoms with E-state index in [9.17, 15) is 18.0 Å². The Kier molecular flexibility index (Phi) is 6.71. The number of benzene rings is 2. The van der Waals surface area contributed by atoms with E-state index < -0.39 is 15.8 Å². The van der Waals surface area contributed by atoms with Gasteiger partial charge in [0.1, 0.15) is 0 Å². The number of aromatic nitrogens is 1. The molecule has 33 heavy (non-hydrogen) atoms. The van der Waals surface area contributed by atoms with Crippen LogP contribution in [0.4, 0.5) is 0 Å². The summed E-state index contributed by atoms with van der Waals surface area (Å²) in [5, 5.41) is 0. The molecule has 8 nitrogen and oxygen atoms in total. The monoisotopic (exact) mass is 472 g/mol. The SMILES string of the molecule is Cc1ccc(S(=O)(=O)N2CCC(C(=O)OCCCn3c(=O)oc4ccccc43)CC2)cc1C. The van der Waals surface area contributed by atoms with Gasteiger partial charge in [0.05, 0.1) is 22.9 Å². The molecule has 0 N–H and O–H groups in total. The van der Waals surface area contributed by atoms with E-state index >= 15 is 0 Å². The lowest BCUT2D eigenvalue weighted by molar-refractivity contribution is -0.150. The maximum absolute atomic E-state index is 12.9. The molecule has 1 aromatic heterocycles. The smallest absolute Gasteiger partial charge is 0.419 e. The Morgan fingerprint density at radius 3 is 2.55 bits per heavy atom. The number of carbonyl (C=O) groups is 1. The summed E-state index contributed by atoms with van der Waals surface area (Å²) in [5.74, 6) is -1.07. The van der Waals surface area contributed by atoms with Gasteiger partial charge in [-0.2, -0.15) is 4.31 Å². The molecule has 0 atom stereocenters. The first-order valence-electron chi connectivity index (χ1n) is 11.1. The minimum absolute atomic E-state index is 0.186. The molecule has 0 spiro atoms. The number of nitrogens with zero attached hydrogens (tertiary/aromatic N) is 2. The molecule has 1 aliphatic heterocycles. The van der Waals surface area contributed by atoms with Crippen molar-refractivity contribution >= 4 is 27.1 Å². The van der Waals surface area contributed by atoms with E-state index in [1.54, 1.807) is 24.3 Å². The van der Waals surface area contributed by atoms with Crippen molar-refractivity contribution in [3.05, 3.63) is 64.1 Å². The molecule has 0 bridgehead atoms. The summed E-state index contributed by atoms with van der Waals surface area (Å²) in [5.41, 5.74) is 3.22. The maximum atomic E-state index is 12.9. The minimum atomic E-state index is -3.58. The minimum Gasteiger partial charge on any atom is -0.465 e. The largest absolute Gasteiger partial charge is 0.465 e. The quantitative estimate of drug-likeness (QED) is 0.387. The van der Waals surface area contributed by atoms with Crippen LogP contribution in [0, 0.1) is 19.8 Å². The van der Waals surface area contributed by atoms with Crippen molar-refractivity contribution in [2.45, 2.75) is 44.6 Å². The summed E-state index contributed by atoms with van der Waals surface area (Å²) >= 11 is 0. The van der Waals surface area contributed by atoms with E-state index in [1.807, 2.05) is 32.0 Å². The predicted molar refractivity (Wildman–Crippen MR) is 123 cm³/mol. The lowest BCUT2D eigenvalue weighted by Gasteiger charge is -2.30. The second-order valence-corrected chi connectivity index (χ2v) is 10.4. The maximum Gasteiger partial charge on any atom is 0.419 e. The number of piperidine rings is 1. The van der Waals surface area contributed by atoms with Gasteiger partial charge in [-0.05, 0) is 68.5 Å². The summed E-state index contributed by atoms with van der Waals surface area (Å²) in [6, 6.07) is 12.3. The molecule has 2 heterocycles. The summed E-state index contributed by atoms with van der Waals surface area (Å²) in [6.45, 7) is 4.97. The van der Waals surface area contributed by atoms with Gasteiger partial charge in [0.15, 0.2) is 5.58 Å². The van der Waals surface area contributed by atoms with Gasteiger partial charge in [0.25, 0.3) is 0 Å². The molecule has 1 saturated heterocycles. The van der Waals surface area contributed by atoms with Gasteiger partial charge in [0.2, 0.25) is 10.0 Å². The van der Waals surface area contributed by atoms with E-state index in [-0.39, 0.29) is 36.5 Å². The van der Waals surface area contributed by atoms with Gasteiger partial charge in [-0.15, -0.1) is 0 Å². The van der Waals surface area contributed by atoms with Crippen LogP contribution in [0.15, 0.2) is 56.6 Å². The molecule has 2 aromatic carbocycles. The van der Waals surface area contributed by atoms with Crippen molar-refractivity contribution in [1.82, 2.24) is 8.87 Å². The molecule has 0 saturated carbocycles. The third-order valence-corrected chi connectivity index (χ3v) is 8.14. The highest BCUT2D eigenvalue weighted by Crippen LogP contribution is 2.26. The normalized spacial score (nSPS) is 15.7. The third kappa shape index (κ3) is 4.89. The summed E-state index contributed by atoms with van der Waals surface area (Å²) < 4.78 is 39.5. The van der Waals surface area contributed by atoms with Crippen molar-refractivity contribution in [3.63, 3.8) is 0 Å². The molecular formula is C24H28N2O6S. The molecule has 9 heteroatoms. The fourth-order valence-corrected chi connectivity index (χ4v) is 5.65. The van der Waals surface area contributed by atoms with Crippen LogP contribution in [-0.2, 0) is 26.1 Å². The van der Waals surface area contributed by atoms with Crippen LogP contribution in [-0.4, -0.2) is 43.0 Å². The Bertz CT molecular complexity index is 1320. The molecule has 1 aliphatic rings.